The Bertz CT molecular complexity index is 366. The maximum atomic E-state index is 4.19. The van der Waals surface area contributed by atoms with Crippen molar-refractivity contribution in [3.05, 3.63) is 11.9 Å². The fourth-order valence-electron chi connectivity index (χ4n) is 3.30. The summed E-state index contributed by atoms with van der Waals surface area (Å²) in [7, 11) is 0. The SMILES string of the molecule is CCNC(c1cnnn1CC)C1(C)CCCCC1. The van der Waals surface area contributed by atoms with E-state index in [2.05, 4.69) is 36.4 Å². The topological polar surface area (TPSA) is 42.7 Å². The summed E-state index contributed by atoms with van der Waals surface area (Å²) in [5.74, 6) is 0. The van der Waals surface area contributed by atoms with Crippen LogP contribution in [0.1, 0.15) is 64.6 Å². The van der Waals surface area contributed by atoms with Gasteiger partial charge in [0.05, 0.1) is 17.9 Å². The minimum atomic E-state index is 0.350. The molecule has 18 heavy (non-hydrogen) atoms. The standard InChI is InChI=1S/C14H26N4/c1-4-15-13(12-11-16-17-18(12)5-2)14(3)9-7-6-8-10-14/h11,13,15H,4-10H2,1-3H3. The van der Waals surface area contributed by atoms with Gasteiger partial charge in [0.25, 0.3) is 0 Å². The van der Waals surface area contributed by atoms with E-state index in [4.69, 9.17) is 0 Å². The Hall–Kier alpha value is -0.900. The van der Waals surface area contributed by atoms with Crippen LogP contribution < -0.4 is 5.32 Å². The highest BCUT2D eigenvalue weighted by Gasteiger charge is 2.37. The molecule has 1 aromatic heterocycles. The summed E-state index contributed by atoms with van der Waals surface area (Å²) in [6.45, 7) is 8.62. The zero-order valence-electron chi connectivity index (χ0n) is 11.9. The molecule has 0 saturated heterocycles. The molecule has 0 aliphatic heterocycles. The highest BCUT2D eigenvalue weighted by atomic mass is 15.4. The first-order valence-electron chi connectivity index (χ1n) is 7.33. The molecular formula is C14H26N4. The second-order valence-corrected chi connectivity index (χ2v) is 5.68. The summed E-state index contributed by atoms with van der Waals surface area (Å²) in [6, 6.07) is 0.387. The van der Waals surface area contributed by atoms with Crippen molar-refractivity contribution in [3.63, 3.8) is 0 Å². The molecule has 1 heterocycles. The molecule has 1 atom stereocenters. The van der Waals surface area contributed by atoms with Gasteiger partial charge < -0.3 is 5.32 Å². The molecule has 102 valence electrons. The summed E-state index contributed by atoms with van der Waals surface area (Å²) in [5, 5.41) is 12.0. The van der Waals surface area contributed by atoms with E-state index >= 15 is 0 Å². The molecule has 0 radical (unpaired) electrons. The molecule has 0 aromatic carbocycles. The van der Waals surface area contributed by atoms with Crippen LogP contribution in [0.5, 0.6) is 0 Å². The number of aryl methyl sites for hydroxylation is 1. The molecule has 0 spiro atoms. The van der Waals surface area contributed by atoms with E-state index in [1.165, 1.54) is 37.8 Å². The van der Waals surface area contributed by atoms with E-state index < -0.39 is 0 Å². The van der Waals surface area contributed by atoms with Crippen LogP contribution in [0.15, 0.2) is 6.20 Å². The van der Waals surface area contributed by atoms with Crippen LogP contribution in [0, 0.1) is 5.41 Å². The number of hydrogen-bond donors (Lipinski definition) is 1. The smallest absolute Gasteiger partial charge is 0.0761 e. The summed E-state index contributed by atoms with van der Waals surface area (Å²) < 4.78 is 2.03. The van der Waals surface area contributed by atoms with E-state index in [0.29, 0.717) is 11.5 Å². The van der Waals surface area contributed by atoms with Gasteiger partial charge in [0, 0.05) is 6.54 Å². The van der Waals surface area contributed by atoms with Crippen molar-refractivity contribution in [3.8, 4) is 0 Å². The van der Waals surface area contributed by atoms with Gasteiger partial charge in [-0.2, -0.15) is 0 Å². The largest absolute Gasteiger partial charge is 0.308 e. The first-order valence-corrected chi connectivity index (χ1v) is 7.33. The fraction of sp³-hybridized carbons (Fsp3) is 0.857. The molecule has 1 aliphatic rings. The van der Waals surface area contributed by atoms with Gasteiger partial charge in [-0.3, -0.25) is 0 Å². The molecule has 0 amide bonds. The molecule has 1 fully saturated rings. The molecule has 2 rings (SSSR count). The molecule has 0 bridgehead atoms. The van der Waals surface area contributed by atoms with Crippen LogP contribution in [0.4, 0.5) is 0 Å². The lowest BCUT2D eigenvalue weighted by atomic mass is 9.69. The second-order valence-electron chi connectivity index (χ2n) is 5.68. The third-order valence-corrected chi connectivity index (χ3v) is 4.34. The monoisotopic (exact) mass is 250 g/mol. The van der Waals surface area contributed by atoms with Crippen LogP contribution >= 0.6 is 0 Å². The van der Waals surface area contributed by atoms with Crippen LogP contribution in [-0.4, -0.2) is 21.5 Å². The van der Waals surface area contributed by atoms with Crippen molar-refractivity contribution in [2.75, 3.05) is 6.54 Å². The highest BCUT2D eigenvalue weighted by Crippen LogP contribution is 2.45. The lowest BCUT2D eigenvalue weighted by Gasteiger charge is -2.41. The van der Waals surface area contributed by atoms with Crippen LogP contribution in [0.25, 0.3) is 0 Å². The van der Waals surface area contributed by atoms with E-state index in [0.717, 1.165) is 13.1 Å². The number of aromatic nitrogens is 3. The average molecular weight is 250 g/mol. The van der Waals surface area contributed by atoms with E-state index in [1.807, 2.05) is 10.9 Å². The summed E-state index contributed by atoms with van der Waals surface area (Å²) in [4.78, 5) is 0. The Morgan fingerprint density at radius 2 is 2.06 bits per heavy atom. The van der Waals surface area contributed by atoms with Crippen molar-refractivity contribution >= 4 is 0 Å². The zero-order valence-corrected chi connectivity index (χ0v) is 11.9. The first kappa shape index (κ1) is 13.5. The Labute approximate surface area is 110 Å². The summed E-state index contributed by atoms with van der Waals surface area (Å²) >= 11 is 0. The van der Waals surface area contributed by atoms with Gasteiger partial charge in [0.1, 0.15) is 0 Å². The predicted molar refractivity (Wildman–Crippen MR) is 73.3 cm³/mol. The fourth-order valence-corrected chi connectivity index (χ4v) is 3.30. The van der Waals surface area contributed by atoms with Gasteiger partial charge in [-0.1, -0.05) is 38.3 Å². The highest BCUT2D eigenvalue weighted by molar-refractivity contribution is 5.09. The molecule has 1 N–H and O–H groups in total. The number of nitrogens with one attached hydrogen (secondary N) is 1. The van der Waals surface area contributed by atoms with Gasteiger partial charge >= 0.3 is 0 Å². The quantitative estimate of drug-likeness (QED) is 0.873. The Morgan fingerprint density at radius 3 is 2.67 bits per heavy atom. The van der Waals surface area contributed by atoms with Gasteiger partial charge in [-0.25, -0.2) is 4.68 Å². The molecule has 4 nitrogen and oxygen atoms in total. The lowest BCUT2D eigenvalue weighted by molar-refractivity contribution is 0.140. The maximum Gasteiger partial charge on any atom is 0.0761 e. The molecular weight excluding hydrogens is 224 g/mol. The van der Waals surface area contributed by atoms with Gasteiger partial charge in [0.2, 0.25) is 0 Å². The van der Waals surface area contributed by atoms with Crippen molar-refractivity contribution in [2.45, 2.75) is 65.5 Å². The minimum Gasteiger partial charge on any atom is -0.308 e. The number of nitrogens with zero attached hydrogens (tertiary/aromatic N) is 3. The molecule has 1 unspecified atom stereocenters. The normalized spacial score (nSPS) is 20.8. The third kappa shape index (κ3) is 2.58. The second kappa shape index (κ2) is 5.83. The Kier molecular flexibility index (Phi) is 4.38. The third-order valence-electron chi connectivity index (χ3n) is 4.34. The number of hydrogen-bond acceptors (Lipinski definition) is 3. The number of rotatable bonds is 5. The van der Waals surface area contributed by atoms with Crippen molar-refractivity contribution < 1.29 is 0 Å². The van der Waals surface area contributed by atoms with Gasteiger partial charge in [-0.05, 0) is 31.7 Å². The van der Waals surface area contributed by atoms with E-state index in [9.17, 15) is 0 Å². The summed E-state index contributed by atoms with van der Waals surface area (Å²) in [6.07, 6.45) is 8.65. The van der Waals surface area contributed by atoms with Crippen molar-refractivity contribution in [2.24, 2.45) is 5.41 Å². The van der Waals surface area contributed by atoms with Crippen LogP contribution in [0.2, 0.25) is 0 Å². The lowest BCUT2D eigenvalue weighted by Crippen LogP contribution is -2.39. The Morgan fingerprint density at radius 1 is 1.33 bits per heavy atom. The predicted octanol–water partition coefficient (Wildman–Crippen LogP) is 2.92. The molecule has 4 heteroatoms. The first-order chi connectivity index (χ1) is 8.71. The molecule has 1 aliphatic carbocycles. The minimum absolute atomic E-state index is 0.350. The zero-order chi connectivity index (χ0) is 13.0. The van der Waals surface area contributed by atoms with Gasteiger partial charge in [-0.15, -0.1) is 5.10 Å². The van der Waals surface area contributed by atoms with E-state index in [-0.39, 0.29) is 0 Å². The van der Waals surface area contributed by atoms with Crippen LogP contribution in [0.3, 0.4) is 0 Å². The molecule has 1 saturated carbocycles. The summed E-state index contributed by atoms with van der Waals surface area (Å²) in [5.41, 5.74) is 1.60. The molecule has 1 aromatic rings. The van der Waals surface area contributed by atoms with Crippen molar-refractivity contribution in [1.29, 1.82) is 0 Å². The Balaban J connectivity index is 2.27. The van der Waals surface area contributed by atoms with E-state index in [1.54, 1.807) is 0 Å². The van der Waals surface area contributed by atoms with Crippen LogP contribution in [-0.2, 0) is 6.54 Å². The maximum absolute atomic E-state index is 4.19. The van der Waals surface area contributed by atoms with Crippen molar-refractivity contribution in [1.82, 2.24) is 20.3 Å². The average Bonchev–Trinajstić information content (AvgIpc) is 2.84. The van der Waals surface area contributed by atoms with Gasteiger partial charge in [0.15, 0.2) is 0 Å².